The van der Waals surface area contributed by atoms with E-state index in [1.807, 2.05) is 48.2 Å². The Morgan fingerprint density at radius 3 is 2.56 bits per heavy atom. The number of amides is 1. The highest BCUT2D eigenvalue weighted by Crippen LogP contribution is 2.46. The molecule has 10 rings (SSSR count). The van der Waals surface area contributed by atoms with Crippen LogP contribution in [0.5, 0.6) is 11.6 Å². The molecule has 2 aliphatic carbocycles. The number of anilines is 4. The zero-order valence-electron chi connectivity index (χ0n) is 36.0. The highest BCUT2D eigenvalue weighted by atomic mass is 35.5. The number of rotatable bonds is 10. The Morgan fingerprint density at radius 1 is 1.03 bits per heavy atom. The van der Waals surface area contributed by atoms with Crippen LogP contribution in [0.3, 0.4) is 0 Å². The Labute approximate surface area is 377 Å². The zero-order valence-corrected chi connectivity index (χ0v) is 37.6. The molecule has 334 valence electrons. The lowest BCUT2D eigenvalue weighted by Crippen LogP contribution is -2.47. The van der Waals surface area contributed by atoms with Gasteiger partial charge in [0, 0.05) is 67.1 Å². The first-order chi connectivity index (χ1) is 30.7. The van der Waals surface area contributed by atoms with E-state index in [0.29, 0.717) is 35.4 Å². The molecule has 0 radical (unpaired) electrons. The fourth-order valence-electron chi connectivity index (χ4n) is 9.60. The van der Waals surface area contributed by atoms with Gasteiger partial charge in [-0.05, 0) is 104 Å². The molecular formula is C47H51ClN8O7S. The minimum Gasteiger partial charge on any atom is -0.489 e. The lowest BCUT2D eigenvalue weighted by atomic mass is 9.72. The molecular weight excluding hydrogens is 856 g/mol. The summed E-state index contributed by atoms with van der Waals surface area (Å²) in [5.74, 6) is -0.118. The Morgan fingerprint density at radius 2 is 1.81 bits per heavy atom. The van der Waals surface area contributed by atoms with Gasteiger partial charge in [0.1, 0.15) is 24.0 Å². The third-order valence-electron chi connectivity index (χ3n) is 13.3. The lowest BCUT2D eigenvalue weighted by Gasteiger charge is -2.40. The molecule has 0 spiro atoms. The molecule has 1 amide bonds. The number of allylic oxidation sites excluding steroid dienone is 1. The van der Waals surface area contributed by atoms with Gasteiger partial charge in [0.05, 0.1) is 33.7 Å². The van der Waals surface area contributed by atoms with E-state index in [-0.39, 0.29) is 41.2 Å². The summed E-state index contributed by atoms with van der Waals surface area (Å²) in [4.78, 5) is 40.2. The molecule has 5 heterocycles. The van der Waals surface area contributed by atoms with Crippen LogP contribution in [-0.4, -0.2) is 92.1 Å². The van der Waals surface area contributed by atoms with Crippen molar-refractivity contribution >= 4 is 72.6 Å². The molecule has 64 heavy (non-hydrogen) atoms. The number of hydrogen-bond donors (Lipinski definition) is 3. The summed E-state index contributed by atoms with van der Waals surface area (Å²) in [6.45, 7) is 11.2. The Kier molecular flexibility index (Phi) is 10.7. The number of nitrogens with zero attached hydrogens (tertiary/aromatic N) is 5. The second-order valence-electron chi connectivity index (χ2n) is 18.6. The van der Waals surface area contributed by atoms with Crippen LogP contribution in [0.2, 0.25) is 5.02 Å². The van der Waals surface area contributed by atoms with E-state index in [0.717, 1.165) is 87.0 Å². The maximum Gasteiger partial charge on any atom is 0.297 e. The van der Waals surface area contributed by atoms with Crippen LogP contribution < -0.4 is 29.3 Å². The van der Waals surface area contributed by atoms with Gasteiger partial charge in [0.15, 0.2) is 11.4 Å². The number of aromatic amines is 1. The number of nitro benzene ring substituents is 1. The summed E-state index contributed by atoms with van der Waals surface area (Å²) in [5.41, 5.74) is 6.77. The van der Waals surface area contributed by atoms with Crippen LogP contribution in [0, 0.1) is 21.4 Å². The Bertz CT molecular complexity index is 2820. The predicted octanol–water partition coefficient (Wildman–Crippen LogP) is 8.53. The van der Waals surface area contributed by atoms with Crippen molar-refractivity contribution in [3.05, 3.63) is 105 Å². The minimum atomic E-state index is -4.63. The van der Waals surface area contributed by atoms with Crippen LogP contribution in [0.15, 0.2) is 83.4 Å². The van der Waals surface area contributed by atoms with Gasteiger partial charge in [-0.3, -0.25) is 19.8 Å². The molecule has 3 aromatic carbocycles. The average molecular weight is 907 g/mol. The summed E-state index contributed by atoms with van der Waals surface area (Å²) in [7, 11) is -4.63. The molecule has 3 N–H and O–H groups in total. The van der Waals surface area contributed by atoms with Gasteiger partial charge in [0.25, 0.3) is 21.6 Å². The van der Waals surface area contributed by atoms with Gasteiger partial charge in [-0.2, -0.15) is 4.98 Å². The number of piperazine rings is 1. The third kappa shape index (κ3) is 8.34. The van der Waals surface area contributed by atoms with E-state index in [1.165, 1.54) is 22.8 Å². The fourth-order valence-corrected chi connectivity index (χ4v) is 10.7. The van der Waals surface area contributed by atoms with Crippen molar-refractivity contribution in [3.8, 4) is 11.6 Å². The number of benzene rings is 3. The molecule has 2 atom stereocenters. The minimum absolute atomic E-state index is 0.0490. The first kappa shape index (κ1) is 42.1. The summed E-state index contributed by atoms with van der Waals surface area (Å²) < 4.78 is 42.4. The third-order valence-corrected chi connectivity index (χ3v) is 14.9. The van der Waals surface area contributed by atoms with Gasteiger partial charge >= 0.3 is 0 Å². The second-order valence-corrected chi connectivity index (χ2v) is 20.7. The molecule has 1 saturated carbocycles. The second kappa shape index (κ2) is 16.3. The summed E-state index contributed by atoms with van der Waals surface area (Å²) >= 11 is 6.27. The first-order valence-corrected chi connectivity index (χ1v) is 23.8. The topological polar surface area (TPSA) is 175 Å². The van der Waals surface area contributed by atoms with E-state index in [2.05, 4.69) is 50.8 Å². The maximum atomic E-state index is 14.4. The normalized spacial score (nSPS) is 21.1. The van der Waals surface area contributed by atoms with E-state index in [9.17, 15) is 23.3 Å². The first-order valence-electron chi connectivity index (χ1n) is 22.0. The van der Waals surface area contributed by atoms with Crippen LogP contribution in [0.1, 0.15) is 68.8 Å². The van der Waals surface area contributed by atoms with E-state index in [4.69, 9.17) is 26.1 Å². The van der Waals surface area contributed by atoms with Crippen molar-refractivity contribution in [2.75, 3.05) is 61.0 Å². The summed E-state index contributed by atoms with van der Waals surface area (Å²) in [6.07, 6.45) is 6.65. The highest BCUT2D eigenvalue weighted by Gasteiger charge is 2.39. The van der Waals surface area contributed by atoms with E-state index >= 15 is 0 Å². The SMILES string of the molecule is C[C@@H]1CN(c2cc(N3CCN(CC4=C(c5ccc(Cl)cc5)CC(C)(C)CC4)CC3)ccc2C(=O)NS(=O)(=O)c2cc3c(c([N+](=O)[O-])c2)N[C@@H](C2CC2)CO3)c2cc3cc[nH]c3nc2O1. The number of nitrogens with one attached hydrogen (secondary N) is 3. The largest absolute Gasteiger partial charge is 0.489 e. The molecule has 5 aromatic rings. The van der Waals surface area contributed by atoms with Gasteiger partial charge in [0.2, 0.25) is 5.88 Å². The molecule has 3 aliphatic heterocycles. The van der Waals surface area contributed by atoms with E-state index in [1.54, 1.807) is 12.3 Å². The van der Waals surface area contributed by atoms with Crippen LogP contribution >= 0.6 is 11.6 Å². The molecule has 0 unspecified atom stereocenters. The standard InChI is InChI=1S/C47H51ClN8O7S/c1-28-25-55(41-20-31-13-15-49-44(31)51-46(41)63-28)39-21-34(54-18-16-53(17-19-54)26-32-12-14-47(2,3)24-37(32)29-6-8-33(48)9-7-29)10-11-36(39)45(57)52-64(60,61)35-22-40(56(58)59)43-42(23-35)62-27-38(50-43)30-4-5-30/h6-11,13,15,20-23,28,30,38,50H,4-5,12,14,16-19,24-27H2,1-3H3,(H,49,51)(H,52,57)/t28-,38-/m1/s1. The van der Waals surface area contributed by atoms with Gasteiger partial charge < -0.3 is 29.6 Å². The number of aromatic nitrogens is 2. The number of pyridine rings is 1. The van der Waals surface area contributed by atoms with Gasteiger partial charge in [-0.15, -0.1) is 0 Å². The van der Waals surface area contributed by atoms with Crippen LogP contribution in [0.25, 0.3) is 16.6 Å². The van der Waals surface area contributed by atoms with E-state index < -0.39 is 31.4 Å². The number of fused-ring (bicyclic) bond motifs is 3. The number of nitro groups is 1. The molecule has 2 fully saturated rings. The van der Waals surface area contributed by atoms with Crippen molar-refractivity contribution < 1.29 is 27.6 Å². The van der Waals surface area contributed by atoms with Gasteiger partial charge in [-0.1, -0.05) is 43.2 Å². The monoisotopic (exact) mass is 906 g/mol. The van der Waals surface area contributed by atoms with Gasteiger partial charge in [-0.25, -0.2) is 13.1 Å². The number of sulfonamides is 1. The quantitative estimate of drug-likeness (QED) is 0.0902. The van der Waals surface area contributed by atoms with Crippen molar-refractivity contribution in [1.29, 1.82) is 0 Å². The number of carbonyl (C=O) groups excluding carboxylic acids is 1. The molecule has 1 saturated heterocycles. The number of ether oxygens (including phenoxy) is 2. The number of carbonyl (C=O) groups is 1. The summed E-state index contributed by atoms with van der Waals surface area (Å²) in [5, 5.41) is 17.0. The Hall–Kier alpha value is -5.84. The predicted molar refractivity (Wildman–Crippen MR) is 248 cm³/mol. The molecule has 17 heteroatoms. The van der Waals surface area contributed by atoms with Crippen molar-refractivity contribution in [1.82, 2.24) is 19.6 Å². The lowest BCUT2D eigenvalue weighted by molar-refractivity contribution is -0.384. The smallest absolute Gasteiger partial charge is 0.297 e. The van der Waals surface area contributed by atoms with Crippen LogP contribution in [0.4, 0.5) is 28.4 Å². The molecule has 0 bridgehead atoms. The molecule has 5 aliphatic rings. The Balaban J connectivity index is 0.946. The number of halogens is 1. The van der Waals surface area contributed by atoms with Crippen molar-refractivity contribution in [3.63, 3.8) is 0 Å². The highest BCUT2D eigenvalue weighted by molar-refractivity contribution is 7.90. The van der Waals surface area contributed by atoms with Crippen molar-refractivity contribution in [2.24, 2.45) is 11.3 Å². The number of hydrogen-bond acceptors (Lipinski definition) is 12. The average Bonchev–Trinajstić information content (AvgIpc) is 4.03. The number of H-pyrrole nitrogens is 1. The zero-order chi connectivity index (χ0) is 44.5. The maximum absolute atomic E-state index is 14.4. The van der Waals surface area contributed by atoms with Crippen molar-refractivity contribution in [2.45, 2.75) is 69.9 Å². The summed E-state index contributed by atoms with van der Waals surface area (Å²) in [6, 6.07) is 19.6. The fraction of sp³-hybridized carbons (Fsp3) is 0.404. The van der Waals surface area contributed by atoms with Crippen LogP contribution in [-0.2, 0) is 10.0 Å². The molecule has 2 aromatic heterocycles. The molecule has 15 nitrogen and oxygen atoms in total.